The van der Waals surface area contributed by atoms with Crippen molar-refractivity contribution in [3.63, 3.8) is 0 Å². The predicted octanol–water partition coefficient (Wildman–Crippen LogP) is 3.01. The van der Waals surface area contributed by atoms with Gasteiger partial charge in [-0.2, -0.15) is 10.1 Å². The average molecular weight is 326 g/mol. The van der Waals surface area contributed by atoms with Gasteiger partial charge < -0.3 is 10.3 Å². The number of aromatic nitrogens is 4. The third-order valence-electron chi connectivity index (χ3n) is 4.19. The van der Waals surface area contributed by atoms with Gasteiger partial charge in [0.15, 0.2) is 5.82 Å². The fourth-order valence-electron chi connectivity index (χ4n) is 2.79. The molecule has 2 aromatic rings. The summed E-state index contributed by atoms with van der Waals surface area (Å²) in [6.07, 6.45) is 5.65. The topological polar surface area (TPSA) is 82.8 Å². The summed E-state index contributed by atoms with van der Waals surface area (Å²) in [6, 6.07) is 0. The molecular weight excluding hydrogens is 302 g/mol. The highest BCUT2D eigenvalue weighted by Crippen LogP contribution is 2.38. The normalized spacial score (nSPS) is 17.0. The summed E-state index contributed by atoms with van der Waals surface area (Å²) in [5.41, 5.74) is 7.81. The van der Waals surface area contributed by atoms with Crippen molar-refractivity contribution in [1.82, 2.24) is 19.9 Å². The van der Waals surface area contributed by atoms with Crippen molar-refractivity contribution in [2.45, 2.75) is 64.5 Å². The zero-order chi connectivity index (χ0) is 15.3. The van der Waals surface area contributed by atoms with Gasteiger partial charge in [-0.3, -0.25) is 4.68 Å². The van der Waals surface area contributed by atoms with E-state index in [0.717, 1.165) is 36.9 Å². The van der Waals surface area contributed by atoms with Crippen molar-refractivity contribution in [1.29, 1.82) is 0 Å². The molecule has 2 heterocycles. The molecule has 0 aliphatic heterocycles. The third-order valence-corrected chi connectivity index (χ3v) is 4.19. The van der Waals surface area contributed by atoms with E-state index < -0.39 is 5.54 Å². The zero-order valence-corrected chi connectivity index (χ0v) is 14.4. The lowest BCUT2D eigenvalue weighted by Crippen LogP contribution is -2.44. The van der Waals surface area contributed by atoms with Crippen LogP contribution < -0.4 is 5.73 Å². The van der Waals surface area contributed by atoms with Gasteiger partial charge in [0.1, 0.15) is 0 Å². The zero-order valence-electron chi connectivity index (χ0n) is 13.6. The van der Waals surface area contributed by atoms with Gasteiger partial charge in [0.25, 0.3) is 5.89 Å². The Bertz CT molecular complexity index is 651. The minimum Gasteiger partial charge on any atom is -0.334 e. The second-order valence-corrected chi connectivity index (χ2v) is 6.87. The van der Waals surface area contributed by atoms with Crippen LogP contribution >= 0.6 is 12.4 Å². The lowest BCUT2D eigenvalue weighted by atomic mass is 9.77. The van der Waals surface area contributed by atoms with Crippen LogP contribution in [0.4, 0.5) is 0 Å². The first-order chi connectivity index (χ1) is 9.85. The van der Waals surface area contributed by atoms with Gasteiger partial charge in [-0.1, -0.05) is 12.1 Å². The fourth-order valence-corrected chi connectivity index (χ4v) is 2.79. The van der Waals surface area contributed by atoms with Gasteiger partial charge in [-0.25, -0.2) is 0 Å². The molecule has 7 heteroatoms. The highest BCUT2D eigenvalue weighted by Gasteiger charge is 2.39. The average Bonchev–Trinajstić information content (AvgIpc) is 3.00. The summed E-state index contributed by atoms with van der Waals surface area (Å²) >= 11 is 0. The van der Waals surface area contributed by atoms with E-state index in [1.54, 1.807) is 0 Å². The molecule has 6 nitrogen and oxygen atoms in total. The van der Waals surface area contributed by atoms with Gasteiger partial charge in [0.05, 0.1) is 28.5 Å². The van der Waals surface area contributed by atoms with Crippen molar-refractivity contribution < 1.29 is 4.52 Å². The minimum absolute atomic E-state index is 0. The Morgan fingerprint density at radius 2 is 2.05 bits per heavy atom. The van der Waals surface area contributed by atoms with Gasteiger partial charge in [-0.15, -0.1) is 12.4 Å². The Labute approximate surface area is 136 Å². The van der Waals surface area contributed by atoms with E-state index in [-0.39, 0.29) is 17.9 Å². The molecule has 0 atom stereocenters. The van der Waals surface area contributed by atoms with Crippen LogP contribution in [0.25, 0.3) is 11.5 Å². The van der Waals surface area contributed by atoms with Crippen LogP contribution in [0, 0.1) is 0 Å². The molecule has 2 aromatic heterocycles. The van der Waals surface area contributed by atoms with Crippen LogP contribution in [-0.2, 0) is 17.5 Å². The van der Waals surface area contributed by atoms with E-state index >= 15 is 0 Å². The molecule has 0 spiro atoms. The van der Waals surface area contributed by atoms with E-state index in [1.807, 2.05) is 10.9 Å². The Morgan fingerprint density at radius 3 is 2.55 bits per heavy atom. The summed E-state index contributed by atoms with van der Waals surface area (Å²) in [4.78, 5) is 4.52. The quantitative estimate of drug-likeness (QED) is 0.937. The largest absolute Gasteiger partial charge is 0.334 e. The molecule has 0 saturated heterocycles. The molecule has 0 radical (unpaired) electrons. The van der Waals surface area contributed by atoms with Crippen LogP contribution in [0.3, 0.4) is 0 Å². The predicted molar refractivity (Wildman–Crippen MR) is 86.9 cm³/mol. The molecule has 0 unspecified atom stereocenters. The number of rotatable bonds is 3. The lowest BCUT2D eigenvalue weighted by molar-refractivity contribution is 0.229. The number of hydrogen-bond donors (Lipinski definition) is 1. The van der Waals surface area contributed by atoms with E-state index in [2.05, 4.69) is 42.9 Å². The molecule has 1 saturated carbocycles. The Balaban J connectivity index is 0.00000176. The maximum Gasteiger partial charge on any atom is 0.261 e. The van der Waals surface area contributed by atoms with Gasteiger partial charge >= 0.3 is 0 Å². The Morgan fingerprint density at radius 1 is 1.36 bits per heavy atom. The van der Waals surface area contributed by atoms with E-state index in [9.17, 15) is 0 Å². The van der Waals surface area contributed by atoms with Crippen LogP contribution in [0.5, 0.6) is 0 Å². The van der Waals surface area contributed by atoms with E-state index in [4.69, 9.17) is 10.3 Å². The van der Waals surface area contributed by atoms with Crippen LogP contribution in [0.2, 0.25) is 0 Å². The van der Waals surface area contributed by atoms with Crippen LogP contribution in [0.15, 0.2) is 10.7 Å². The smallest absolute Gasteiger partial charge is 0.261 e. The molecule has 0 amide bonds. The Kier molecular flexibility index (Phi) is 4.37. The third kappa shape index (κ3) is 2.65. The second-order valence-electron chi connectivity index (χ2n) is 6.87. The monoisotopic (exact) mass is 325 g/mol. The molecule has 122 valence electrons. The molecule has 1 aliphatic rings. The summed E-state index contributed by atoms with van der Waals surface area (Å²) in [6.45, 7) is 8.50. The summed E-state index contributed by atoms with van der Waals surface area (Å²) in [5, 5.41) is 8.58. The number of nitrogens with zero attached hydrogens (tertiary/aromatic N) is 4. The number of hydrogen-bond acceptors (Lipinski definition) is 5. The van der Waals surface area contributed by atoms with Crippen LogP contribution in [-0.4, -0.2) is 19.9 Å². The second kappa shape index (κ2) is 5.66. The SMILES string of the molecule is CCc1c(-c2nc(C3(N)CCC3)no2)cnn1C(C)(C)C.Cl. The fraction of sp³-hybridized carbons (Fsp3) is 0.667. The molecule has 0 bridgehead atoms. The number of halogens is 1. The number of nitrogens with two attached hydrogens (primary N) is 1. The van der Waals surface area contributed by atoms with E-state index in [0.29, 0.717) is 11.7 Å². The first-order valence-corrected chi connectivity index (χ1v) is 7.56. The molecule has 1 fully saturated rings. The van der Waals surface area contributed by atoms with Crippen molar-refractivity contribution >= 4 is 12.4 Å². The standard InChI is InChI=1S/C15H23N5O.ClH/c1-5-11-10(9-17-20(11)14(2,3)4)12-18-13(19-21-12)15(16)7-6-8-15;/h9H,5-8,16H2,1-4H3;1H. The maximum atomic E-state index is 6.25. The van der Waals surface area contributed by atoms with Crippen LogP contribution in [0.1, 0.15) is 58.5 Å². The van der Waals surface area contributed by atoms with Crippen molar-refractivity contribution in [2.75, 3.05) is 0 Å². The first-order valence-electron chi connectivity index (χ1n) is 7.56. The first kappa shape index (κ1) is 17.0. The van der Waals surface area contributed by atoms with Crippen molar-refractivity contribution in [3.8, 4) is 11.5 Å². The van der Waals surface area contributed by atoms with Gasteiger partial charge in [0, 0.05) is 0 Å². The molecule has 0 aromatic carbocycles. The van der Waals surface area contributed by atoms with Gasteiger partial charge in [0.2, 0.25) is 0 Å². The van der Waals surface area contributed by atoms with E-state index in [1.165, 1.54) is 0 Å². The molecular formula is C15H24ClN5O. The molecule has 1 aliphatic carbocycles. The molecule has 22 heavy (non-hydrogen) atoms. The van der Waals surface area contributed by atoms with Crippen molar-refractivity contribution in [3.05, 3.63) is 17.7 Å². The van der Waals surface area contributed by atoms with Gasteiger partial charge in [-0.05, 0) is 46.5 Å². The summed E-state index contributed by atoms with van der Waals surface area (Å²) in [5.74, 6) is 1.14. The summed E-state index contributed by atoms with van der Waals surface area (Å²) in [7, 11) is 0. The molecule has 2 N–H and O–H groups in total. The molecule has 3 rings (SSSR count). The highest BCUT2D eigenvalue weighted by atomic mass is 35.5. The minimum atomic E-state index is -0.395. The Hall–Kier alpha value is -1.40. The summed E-state index contributed by atoms with van der Waals surface area (Å²) < 4.78 is 7.47. The highest BCUT2D eigenvalue weighted by molar-refractivity contribution is 5.85. The maximum absolute atomic E-state index is 6.25. The lowest BCUT2D eigenvalue weighted by Gasteiger charge is -2.34. The van der Waals surface area contributed by atoms with Crippen molar-refractivity contribution in [2.24, 2.45) is 5.73 Å².